The Morgan fingerprint density at radius 1 is 1.05 bits per heavy atom. The third kappa shape index (κ3) is 2.30. The van der Waals surface area contributed by atoms with Gasteiger partial charge in [-0.2, -0.15) is 0 Å². The summed E-state index contributed by atoms with van der Waals surface area (Å²) < 4.78 is 13.8. The molecule has 104 valence electrons. The first kappa shape index (κ1) is 14.1. The maximum absolute atomic E-state index is 14.3. The van der Waals surface area contributed by atoms with E-state index in [1.165, 1.54) is 6.07 Å². The molecule has 0 amide bonds. The summed E-state index contributed by atoms with van der Waals surface area (Å²) in [4.78, 5) is 0. The summed E-state index contributed by atoms with van der Waals surface area (Å²) in [6, 6.07) is 12.3. The molecule has 5 heteroatoms. The lowest BCUT2D eigenvalue weighted by molar-refractivity contribution is 0.610. The third-order valence-electron chi connectivity index (χ3n) is 3.29. The molecule has 1 heterocycles. The molecule has 1 aliphatic rings. The normalized spacial score (nSPS) is 17.3. The highest BCUT2D eigenvalue weighted by Gasteiger charge is 2.42. The molecule has 1 nitrogen and oxygen atoms in total. The van der Waals surface area contributed by atoms with Crippen molar-refractivity contribution < 1.29 is 4.39 Å². The van der Waals surface area contributed by atoms with E-state index in [4.69, 9.17) is 17.3 Å². The number of thioether (sulfide) groups is 2. The maximum atomic E-state index is 14.3. The second-order valence-electron chi connectivity index (χ2n) is 4.52. The van der Waals surface area contributed by atoms with Gasteiger partial charge in [-0.05, 0) is 24.3 Å². The molecule has 0 unspecified atom stereocenters. The summed E-state index contributed by atoms with van der Waals surface area (Å²) >= 11 is 9.55. The molecule has 0 saturated carbocycles. The molecule has 2 aromatic rings. The zero-order valence-corrected chi connectivity index (χ0v) is 13.0. The predicted molar refractivity (Wildman–Crippen MR) is 88.0 cm³/mol. The zero-order valence-electron chi connectivity index (χ0n) is 10.6. The van der Waals surface area contributed by atoms with Gasteiger partial charge < -0.3 is 5.73 Å². The van der Waals surface area contributed by atoms with E-state index in [1.54, 1.807) is 41.7 Å². The van der Waals surface area contributed by atoms with Crippen molar-refractivity contribution in [1.29, 1.82) is 0 Å². The number of nitrogen functional groups attached to an aromatic ring is 1. The molecule has 0 bridgehead atoms. The molecule has 1 aliphatic heterocycles. The van der Waals surface area contributed by atoms with Crippen molar-refractivity contribution >= 4 is 40.8 Å². The molecular weight excluding hydrogens is 313 g/mol. The van der Waals surface area contributed by atoms with E-state index in [1.807, 2.05) is 18.2 Å². The fourth-order valence-electron chi connectivity index (χ4n) is 2.41. The number of hydrogen-bond acceptors (Lipinski definition) is 3. The van der Waals surface area contributed by atoms with Crippen LogP contribution in [0.5, 0.6) is 0 Å². The highest BCUT2D eigenvalue weighted by atomic mass is 35.5. The minimum absolute atomic E-state index is 0.200. The average molecular weight is 326 g/mol. The molecule has 0 radical (unpaired) electrons. The highest BCUT2D eigenvalue weighted by molar-refractivity contribution is 8.20. The number of rotatable bonds is 2. The summed E-state index contributed by atoms with van der Waals surface area (Å²) in [7, 11) is 0. The van der Waals surface area contributed by atoms with Crippen molar-refractivity contribution in [3.63, 3.8) is 0 Å². The number of benzene rings is 2. The van der Waals surface area contributed by atoms with E-state index in [2.05, 4.69) is 0 Å². The van der Waals surface area contributed by atoms with Crippen LogP contribution in [-0.4, -0.2) is 11.5 Å². The summed E-state index contributed by atoms with van der Waals surface area (Å²) in [6.07, 6.45) is 0. The Kier molecular flexibility index (Phi) is 3.89. The standard InChI is InChI=1S/C15H13ClFNS2/c16-10-5-6-14(18)12(9-10)15(19-7-8-20-15)11-3-1-2-4-13(11)17/h1-6,9H,7-8,18H2. The van der Waals surface area contributed by atoms with Gasteiger partial charge in [0.1, 0.15) is 9.90 Å². The SMILES string of the molecule is Nc1ccc(Cl)cc1C1(c2ccccc2F)SCCS1. The fraction of sp³-hybridized carbons (Fsp3) is 0.200. The van der Waals surface area contributed by atoms with Gasteiger partial charge in [0, 0.05) is 33.3 Å². The van der Waals surface area contributed by atoms with Crippen molar-refractivity contribution in [2.75, 3.05) is 17.2 Å². The average Bonchev–Trinajstić information content (AvgIpc) is 2.92. The van der Waals surface area contributed by atoms with Gasteiger partial charge in [0.25, 0.3) is 0 Å². The summed E-state index contributed by atoms with van der Waals surface area (Å²) in [5.74, 6) is 1.73. The maximum Gasteiger partial charge on any atom is 0.129 e. The molecule has 1 fully saturated rings. The third-order valence-corrected chi connectivity index (χ3v) is 7.00. The molecule has 0 atom stereocenters. The topological polar surface area (TPSA) is 26.0 Å². The Balaban J connectivity index is 2.23. The van der Waals surface area contributed by atoms with Gasteiger partial charge in [0.05, 0.1) is 0 Å². The van der Waals surface area contributed by atoms with Crippen LogP contribution in [0.25, 0.3) is 0 Å². The predicted octanol–water partition coefficient (Wildman–Crippen LogP) is 4.74. The second-order valence-corrected chi connectivity index (χ2v) is 7.84. The van der Waals surface area contributed by atoms with Crippen LogP contribution in [0.1, 0.15) is 11.1 Å². The van der Waals surface area contributed by atoms with Crippen LogP contribution < -0.4 is 5.73 Å². The second kappa shape index (κ2) is 5.51. The quantitative estimate of drug-likeness (QED) is 0.807. The molecule has 0 aromatic heterocycles. The number of anilines is 1. The fourth-order valence-corrected chi connectivity index (χ4v) is 5.96. The van der Waals surface area contributed by atoms with E-state index < -0.39 is 4.08 Å². The Hall–Kier alpha value is -0.840. The molecule has 3 rings (SSSR count). The lowest BCUT2D eigenvalue weighted by atomic mass is 10.0. The first-order valence-corrected chi connectivity index (χ1v) is 8.57. The number of halogens is 2. The van der Waals surface area contributed by atoms with Crippen LogP contribution in [0.15, 0.2) is 42.5 Å². The van der Waals surface area contributed by atoms with Crippen LogP contribution in [0, 0.1) is 5.82 Å². The molecule has 2 N–H and O–H groups in total. The van der Waals surface area contributed by atoms with Gasteiger partial charge in [-0.1, -0.05) is 29.8 Å². The Morgan fingerprint density at radius 2 is 1.75 bits per heavy atom. The zero-order chi connectivity index (χ0) is 14.2. The van der Waals surface area contributed by atoms with Crippen LogP contribution >= 0.6 is 35.1 Å². The lowest BCUT2D eigenvalue weighted by Crippen LogP contribution is -2.20. The van der Waals surface area contributed by atoms with Gasteiger partial charge in [-0.3, -0.25) is 0 Å². The van der Waals surface area contributed by atoms with Crippen LogP contribution in [-0.2, 0) is 4.08 Å². The summed E-state index contributed by atoms with van der Waals surface area (Å²) in [6.45, 7) is 0. The van der Waals surface area contributed by atoms with E-state index >= 15 is 0 Å². The summed E-state index contributed by atoms with van der Waals surface area (Å²) in [5.41, 5.74) is 8.35. The Bertz CT molecular complexity index is 642. The van der Waals surface area contributed by atoms with Crippen molar-refractivity contribution in [3.8, 4) is 0 Å². The Labute approximate surface area is 131 Å². The van der Waals surface area contributed by atoms with Gasteiger partial charge in [-0.25, -0.2) is 4.39 Å². The molecule has 20 heavy (non-hydrogen) atoms. The van der Waals surface area contributed by atoms with E-state index in [-0.39, 0.29) is 5.82 Å². The molecule has 2 aromatic carbocycles. The molecule has 0 aliphatic carbocycles. The lowest BCUT2D eigenvalue weighted by Gasteiger charge is -2.30. The monoisotopic (exact) mass is 325 g/mol. The van der Waals surface area contributed by atoms with Crippen molar-refractivity contribution in [3.05, 3.63) is 64.4 Å². The highest BCUT2D eigenvalue weighted by Crippen LogP contribution is 2.58. The minimum Gasteiger partial charge on any atom is -0.398 e. The van der Waals surface area contributed by atoms with E-state index in [0.717, 1.165) is 17.1 Å². The van der Waals surface area contributed by atoms with E-state index in [0.29, 0.717) is 16.3 Å². The molecular formula is C15H13ClFNS2. The Morgan fingerprint density at radius 3 is 2.45 bits per heavy atom. The van der Waals surface area contributed by atoms with Crippen molar-refractivity contribution in [2.24, 2.45) is 0 Å². The minimum atomic E-state index is -0.500. The van der Waals surface area contributed by atoms with Crippen LogP contribution in [0.4, 0.5) is 10.1 Å². The van der Waals surface area contributed by atoms with Crippen molar-refractivity contribution in [1.82, 2.24) is 0 Å². The van der Waals surface area contributed by atoms with Gasteiger partial charge in [-0.15, -0.1) is 23.5 Å². The first-order chi connectivity index (χ1) is 9.63. The molecule has 1 saturated heterocycles. The molecule has 0 spiro atoms. The van der Waals surface area contributed by atoms with E-state index in [9.17, 15) is 4.39 Å². The van der Waals surface area contributed by atoms with Crippen LogP contribution in [0.2, 0.25) is 5.02 Å². The van der Waals surface area contributed by atoms with Gasteiger partial charge >= 0.3 is 0 Å². The van der Waals surface area contributed by atoms with Gasteiger partial charge in [0.2, 0.25) is 0 Å². The smallest absolute Gasteiger partial charge is 0.129 e. The number of nitrogens with two attached hydrogens (primary N) is 1. The van der Waals surface area contributed by atoms with Crippen LogP contribution in [0.3, 0.4) is 0 Å². The van der Waals surface area contributed by atoms with Crippen molar-refractivity contribution in [2.45, 2.75) is 4.08 Å². The largest absolute Gasteiger partial charge is 0.398 e. The van der Waals surface area contributed by atoms with Gasteiger partial charge in [0.15, 0.2) is 0 Å². The first-order valence-electron chi connectivity index (χ1n) is 6.22. The number of hydrogen-bond donors (Lipinski definition) is 1. The summed E-state index contributed by atoms with van der Waals surface area (Å²) in [5, 5.41) is 0.623.